The number of hydrogen-bond acceptors (Lipinski definition) is 3. The monoisotopic (exact) mass is 384 g/mol. The number of nitrogens with zero attached hydrogens (tertiary/aromatic N) is 1. The van der Waals surface area contributed by atoms with Crippen LogP contribution in [0, 0.1) is 6.92 Å². The van der Waals surface area contributed by atoms with Gasteiger partial charge in [-0.15, -0.1) is 11.8 Å². The average Bonchev–Trinajstić information content (AvgIpc) is 2.70. The molecule has 0 aliphatic heterocycles. The minimum atomic E-state index is 0.0185. The lowest BCUT2D eigenvalue weighted by molar-refractivity contribution is -0.121. The van der Waals surface area contributed by atoms with Crippen molar-refractivity contribution < 1.29 is 4.79 Å². The number of thioether (sulfide) groups is 1. The SMILES string of the molecule is CN=C(NCCC(=O)NCc1ccccc1)NCc1ccc(C)cc1SC. The summed E-state index contributed by atoms with van der Waals surface area (Å²) in [5.41, 5.74) is 3.59. The van der Waals surface area contributed by atoms with Crippen molar-refractivity contribution in [1.82, 2.24) is 16.0 Å². The second kappa shape index (κ2) is 11.3. The van der Waals surface area contributed by atoms with E-state index < -0.39 is 0 Å². The van der Waals surface area contributed by atoms with Gasteiger partial charge in [0.05, 0.1) is 0 Å². The first-order valence-corrected chi connectivity index (χ1v) is 10.2. The topological polar surface area (TPSA) is 65.5 Å². The molecule has 0 aromatic heterocycles. The highest BCUT2D eigenvalue weighted by molar-refractivity contribution is 7.98. The molecule has 5 nitrogen and oxygen atoms in total. The fourth-order valence-electron chi connectivity index (χ4n) is 2.58. The van der Waals surface area contributed by atoms with Crippen LogP contribution in [-0.2, 0) is 17.9 Å². The summed E-state index contributed by atoms with van der Waals surface area (Å²) in [7, 11) is 1.73. The number of rotatable bonds is 8. The molecule has 0 heterocycles. The summed E-state index contributed by atoms with van der Waals surface area (Å²) in [6.45, 7) is 3.87. The summed E-state index contributed by atoms with van der Waals surface area (Å²) in [5, 5.41) is 9.42. The van der Waals surface area contributed by atoms with E-state index in [-0.39, 0.29) is 5.91 Å². The molecular formula is C21H28N4OS. The number of amides is 1. The Morgan fingerprint density at radius 3 is 2.52 bits per heavy atom. The lowest BCUT2D eigenvalue weighted by Gasteiger charge is -2.14. The largest absolute Gasteiger partial charge is 0.356 e. The van der Waals surface area contributed by atoms with Crippen molar-refractivity contribution in [1.29, 1.82) is 0 Å². The second-order valence-corrected chi connectivity index (χ2v) is 7.03. The number of aryl methyl sites for hydroxylation is 1. The predicted molar refractivity (Wildman–Crippen MR) is 114 cm³/mol. The molecule has 0 aliphatic carbocycles. The van der Waals surface area contributed by atoms with Crippen LogP contribution < -0.4 is 16.0 Å². The van der Waals surface area contributed by atoms with Crippen molar-refractivity contribution in [3.63, 3.8) is 0 Å². The molecule has 0 saturated heterocycles. The fraction of sp³-hybridized carbons (Fsp3) is 0.333. The Morgan fingerprint density at radius 2 is 1.81 bits per heavy atom. The van der Waals surface area contributed by atoms with E-state index in [4.69, 9.17) is 0 Å². The van der Waals surface area contributed by atoms with Gasteiger partial charge in [-0.25, -0.2) is 0 Å². The van der Waals surface area contributed by atoms with Gasteiger partial charge in [-0.1, -0.05) is 42.5 Å². The minimum absolute atomic E-state index is 0.0185. The molecule has 0 fully saturated rings. The first-order valence-electron chi connectivity index (χ1n) is 9.01. The maximum absolute atomic E-state index is 12.0. The minimum Gasteiger partial charge on any atom is -0.356 e. The highest BCUT2D eigenvalue weighted by Gasteiger charge is 2.05. The van der Waals surface area contributed by atoms with E-state index in [2.05, 4.69) is 52.3 Å². The van der Waals surface area contributed by atoms with Crippen LogP contribution in [0.4, 0.5) is 0 Å². The van der Waals surface area contributed by atoms with Gasteiger partial charge in [-0.05, 0) is 35.9 Å². The molecule has 0 atom stereocenters. The van der Waals surface area contributed by atoms with Gasteiger partial charge in [0.2, 0.25) is 5.91 Å². The third kappa shape index (κ3) is 7.35. The van der Waals surface area contributed by atoms with Crippen molar-refractivity contribution in [3.8, 4) is 0 Å². The van der Waals surface area contributed by atoms with Crippen LogP contribution in [-0.4, -0.2) is 31.7 Å². The van der Waals surface area contributed by atoms with Gasteiger partial charge < -0.3 is 16.0 Å². The molecule has 0 aliphatic rings. The Balaban J connectivity index is 1.71. The van der Waals surface area contributed by atoms with Crippen LogP contribution >= 0.6 is 11.8 Å². The predicted octanol–water partition coefficient (Wildman–Crippen LogP) is 3.09. The molecule has 1 amide bonds. The van der Waals surface area contributed by atoms with E-state index in [1.165, 1.54) is 16.0 Å². The first-order chi connectivity index (χ1) is 13.1. The number of carbonyl (C=O) groups excluding carboxylic acids is 1. The van der Waals surface area contributed by atoms with E-state index in [1.807, 2.05) is 30.3 Å². The molecule has 2 aromatic carbocycles. The molecule has 0 saturated carbocycles. The molecule has 0 spiro atoms. The lowest BCUT2D eigenvalue weighted by Crippen LogP contribution is -2.39. The zero-order valence-electron chi connectivity index (χ0n) is 16.2. The van der Waals surface area contributed by atoms with Gasteiger partial charge in [0.1, 0.15) is 0 Å². The smallest absolute Gasteiger partial charge is 0.222 e. The van der Waals surface area contributed by atoms with Gasteiger partial charge >= 0.3 is 0 Å². The first kappa shape index (κ1) is 20.8. The van der Waals surface area contributed by atoms with Crippen molar-refractivity contribution in [2.24, 2.45) is 4.99 Å². The Kier molecular flexibility index (Phi) is 8.71. The molecule has 3 N–H and O–H groups in total. The molecule has 0 unspecified atom stereocenters. The number of guanidine groups is 1. The summed E-state index contributed by atoms with van der Waals surface area (Å²) in [4.78, 5) is 17.5. The highest BCUT2D eigenvalue weighted by atomic mass is 32.2. The summed E-state index contributed by atoms with van der Waals surface area (Å²) < 4.78 is 0. The normalized spacial score (nSPS) is 11.1. The summed E-state index contributed by atoms with van der Waals surface area (Å²) in [5.74, 6) is 0.712. The van der Waals surface area contributed by atoms with Crippen LogP contribution in [0.2, 0.25) is 0 Å². The number of benzene rings is 2. The van der Waals surface area contributed by atoms with E-state index in [0.29, 0.717) is 32.0 Å². The van der Waals surface area contributed by atoms with Crippen molar-refractivity contribution in [3.05, 3.63) is 65.2 Å². The van der Waals surface area contributed by atoms with Crippen molar-refractivity contribution in [2.45, 2.75) is 31.3 Å². The number of aliphatic imine (C=N–C) groups is 1. The van der Waals surface area contributed by atoms with Gasteiger partial charge in [-0.3, -0.25) is 9.79 Å². The zero-order chi connectivity index (χ0) is 19.5. The fourth-order valence-corrected chi connectivity index (χ4v) is 3.28. The zero-order valence-corrected chi connectivity index (χ0v) is 17.0. The summed E-state index contributed by atoms with van der Waals surface area (Å²) in [6, 6.07) is 16.3. The lowest BCUT2D eigenvalue weighted by atomic mass is 10.1. The van der Waals surface area contributed by atoms with Crippen molar-refractivity contribution >= 4 is 23.6 Å². The third-order valence-corrected chi connectivity index (χ3v) is 4.91. The number of nitrogens with one attached hydrogen (secondary N) is 3. The van der Waals surface area contributed by atoms with E-state index in [9.17, 15) is 4.79 Å². The maximum Gasteiger partial charge on any atom is 0.222 e. The molecule has 6 heteroatoms. The quantitative estimate of drug-likeness (QED) is 0.372. The van der Waals surface area contributed by atoms with Crippen LogP contribution in [0.15, 0.2) is 58.4 Å². The van der Waals surface area contributed by atoms with Gasteiger partial charge in [0.25, 0.3) is 0 Å². The van der Waals surface area contributed by atoms with Crippen molar-refractivity contribution in [2.75, 3.05) is 19.8 Å². The Morgan fingerprint density at radius 1 is 1.04 bits per heavy atom. The Labute approximate surface area is 166 Å². The highest BCUT2D eigenvalue weighted by Crippen LogP contribution is 2.21. The molecule has 0 bridgehead atoms. The van der Waals surface area contributed by atoms with Crippen LogP contribution in [0.5, 0.6) is 0 Å². The second-order valence-electron chi connectivity index (χ2n) is 6.18. The standard InChI is InChI=1S/C21H28N4OS/c1-16-9-10-18(19(13-16)27-3)15-25-21(22-2)23-12-11-20(26)24-14-17-7-5-4-6-8-17/h4-10,13H,11-12,14-15H2,1-3H3,(H,24,26)(H2,22,23,25). The van der Waals surface area contributed by atoms with Crippen LogP contribution in [0.25, 0.3) is 0 Å². The maximum atomic E-state index is 12.0. The average molecular weight is 385 g/mol. The number of carbonyl (C=O) groups is 1. The third-order valence-electron chi connectivity index (χ3n) is 4.09. The number of hydrogen-bond donors (Lipinski definition) is 3. The van der Waals surface area contributed by atoms with Gasteiger partial charge in [-0.2, -0.15) is 0 Å². The summed E-state index contributed by atoms with van der Waals surface area (Å²) in [6.07, 6.45) is 2.48. The molecule has 2 aromatic rings. The van der Waals surface area contributed by atoms with Gasteiger partial charge in [0.15, 0.2) is 5.96 Å². The Hall–Kier alpha value is -2.47. The molecule has 144 valence electrons. The van der Waals surface area contributed by atoms with Gasteiger partial charge in [0, 0.05) is 38.0 Å². The molecule has 27 heavy (non-hydrogen) atoms. The van der Waals surface area contributed by atoms with Crippen LogP contribution in [0.1, 0.15) is 23.1 Å². The molecule has 2 rings (SSSR count). The van der Waals surface area contributed by atoms with Crippen LogP contribution in [0.3, 0.4) is 0 Å². The molecule has 0 radical (unpaired) electrons. The van der Waals surface area contributed by atoms with E-state index >= 15 is 0 Å². The van der Waals surface area contributed by atoms with E-state index in [1.54, 1.807) is 18.8 Å². The van der Waals surface area contributed by atoms with E-state index in [0.717, 1.165) is 5.56 Å². The molecular weight excluding hydrogens is 356 g/mol. The Bertz CT molecular complexity index is 762. The summed E-state index contributed by atoms with van der Waals surface area (Å²) >= 11 is 1.74.